The van der Waals surface area contributed by atoms with Crippen LogP contribution in [0.2, 0.25) is 0 Å². The zero-order valence-electron chi connectivity index (χ0n) is 17.7. The first-order chi connectivity index (χ1) is 15.1. The largest absolute Gasteiger partial charge is 0.338 e. The van der Waals surface area contributed by atoms with Crippen molar-refractivity contribution < 1.29 is 9.59 Å². The zero-order chi connectivity index (χ0) is 21.9. The molecule has 31 heavy (non-hydrogen) atoms. The van der Waals surface area contributed by atoms with Crippen LogP contribution in [0.4, 0.5) is 16.2 Å². The zero-order valence-corrected chi connectivity index (χ0v) is 17.7. The van der Waals surface area contributed by atoms with Crippen LogP contribution in [-0.2, 0) is 6.54 Å². The predicted molar refractivity (Wildman–Crippen MR) is 125 cm³/mol. The van der Waals surface area contributed by atoms with Crippen LogP contribution in [0.1, 0.15) is 22.3 Å². The third kappa shape index (κ3) is 7.60. The van der Waals surface area contributed by atoms with Crippen LogP contribution >= 0.6 is 0 Å². The second kappa shape index (κ2) is 11.5. The molecule has 6 nitrogen and oxygen atoms in total. The van der Waals surface area contributed by atoms with Crippen LogP contribution in [0.15, 0.2) is 84.9 Å². The van der Waals surface area contributed by atoms with Gasteiger partial charge in [0, 0.05) is 30.0 Å². The molecule has 6 heteroatoms. The first kappa shape index (κ1) is 22.1. The summed E-state index contributed by atoms with van der Waals surface area (Å²) in [4.78, 5) is 26.6. The minimum atomic E-state index is -0.257. The average molecular weight is 417 g/mol. The Hall–Kier alpha value is -3.64. The summed E-state index contributed by atoms with van der Waals surface area (Å²) in [6, 6.07) is 26.1. The molecule has 0 aliphatic heterocycles. The molecule has 0 aliphatic carbocycles. The molecule has 0 aliphatic rings. The van der Waals surface area contributed by atoms with Crippen molar-refractivity contribution in [2.75, 3.05) is 30.8 Å². The Bertz CT molecular complexity index is 960. The van der Waals surface area contributed by atoms with Gasteiger partial charge < -0.3 is 20.9 Å². The number of nitrogens with zero attached hydrogens (tertiary/aromatic N) is 1. The van der Waals surface area contributed by atoms with E-state index in [1.54, 1.807) is 24.3 Å². The highest BCUT2D eigenvalue weighted by atomic mass is 16.2. The van der Waals surface area contributed by atoms with Gasteiger partial charge in [0.05, 0.1) is 0 Å². The first-order valence-corrected chi connectivity index (χ1v) is 10.3. The number of rotatable bonds is 9. The molecule has 3 rings (SSSR count). The monoisotopic (exact) mass is 416 g/mol. The summed E-state index contributed by atoms with van der Waals surface area (Å²) in [7, 11) is 2.07. The Morgan fingerprint density at radius 1 is 0.774 bits per heavy atom. The molecular formula is C25H28N4O2. The van der Waals surface area contributed by atoms with Gasteiger partial charge in [-0.15, -0.1) is 0 Å². The number of hydrogen-bond donors (Lipinski definition) is 3. The van der Waals surface area contributed by atoms with Gasteiger partial charge in [-0.2, -0.15) is 0 Å². The van der Waals surface area contributed by atoms with E-state index < -0.39 is 0 Å². The van der Waals surface area contributed by atoms with Crippen molar-refractivity contribution >= 4 is 23.3 Å². The summed E-state index contributed by atoms with van der Waals surface area (Å²) < 4.78 is 0. The molecule has 0 saturated carbocycles. The van der Waals surface area contributed by atoms with Crippen molar-refractivity contribution in [1.82, 2.24) is 10.2 Å². The molecule has 0 radical (unpaired) electrons. The number of urea groups is 1. The molecule has 3 aromatic carbocycles. The Balaban J connectivity index is 1.36. The number of anilines is 2. The molecule has 0 spiro atoms. The highest BCUT2D eigenvalue weighted by molar-refractivity contribution is 6.04. The molecule has 0 unspecified atom stereocenters. The lowest BCUT2D eigenvalue weighted by atomic mass is 10.2. The predicted octanol–water partition coefficient (Wildman–Crippen LogP) is 4.58. The molecule has 0 atom stereocenters. The number of amides is 3. The molecule has 0 aromatic heterocycles. The van der Waals surface area contributed by atoms with E-state index in [1.165, 1.54) is 5.56 Å². The number of hydrogen-bond acceptors (Lipinski definition) is 3. The van der Waals surface area contributed by atoms with Crippen LogP contribution < -0.4 is 16.0 Å². The van der Waals surface area contributed by atoms with E-state index in [0.29, 0.717) is 17.8 Å². The van der Waals surface area contributed by atoms with Crippen molar-refractivity contribution in [3.8, 4) is 0 Å². The van der Waals surface area contributed by atoms with Crippen LogP contribution in [0.5, 0.6) is 0 Å². The van der Waals surface area contributed by atoms with Crippen LogP contribution in [0.3, 0.4) is 0 Å². The molecule has 0 heterocycles. The first-order valence-electron chi connectivity index (χ1n) is 10.3. The molecule has 3 amide bonds. The summed E-state index contributed by atoms with van der Waals surface area (Å²) in [5, 5.41) is 8.49. The molecule has 3 N–H and O–H groups in total. The second-order valence-corrected chi connectivity index (χ2v) is 7.36. The van der Waals surface area contributed by atoms with Crippen molar-refractivity contribution in [2.45, 2.75) is 13.0 Å². The topological polar surface area (TPSA) is 73.5 Å². The van der Waals surface area contributed by atoms with E-state index in [-0.39, 0.29) is 11.9 Å². The normalized spacial score (nSPS) is 10.5. The van der Waals surface area contributed by atoms with Gasteiger partial charge in [0.25, 0.3) is 5.91 Å². The van der Waals surface area contributed by atoms with Gasteiger partial charge in [-0.1, -0.05) is 48.5 Å². The number of para-hydroxylation sites is 1. The summed E-state index contributed by atoms with van der Waals surface area (Å²) in [6.45, 7) is 2.36. The van der Waals surface area contributed by atoms with E-state index in [1.807, 2.05) is 48.5 Å². The number of carbonyl (C=O) groups excluding carboxylic acids is 2. The third-order valence-corrected chi connectivity index (χ3v) is 4.73. The molecule has 160 valence electrons. The molecule has 0 fully saturated rings. The van der Waals surface area contributed by atoms with E-state index in [2.05, 4.69) is 40.0 Å². The molecule has 0 bridgehead atoms. The second-order valence-electron chi connectivity index (χ2n) is 7.36. The van der Waals surface area contributed by atoms with Crippen molar-refractivity contribution in [2.24, 2.45) is 0 Å². The minimum absolute atomic E-state index is 0.193. The SMILES string of the molecule is CN(CCCNC(=O)Nc1ccc(C(=O)Nc2ccccc2)cc1)Cc1ccccc1. The lowest BCUT2D eigenvalue weighted by Gasteiger charge is -2.16. The van der Waals surface area contributed by atoms with E-state index in [4.69, 9.17) is 0 Å². The van der Waals surface area contributed by atoms with E-state index in [0.717, 1.165) is 25.2 Å². The third-order valence-electron chi connectivity index (χ3n) is 4.73. The van der Waals surface area contributed by atoms with Crippen LogP contribution in [0, 0.1) is 0 Å². The van der Waals surface area contributed by atoms with Crippen molar-refractivity contribution in [3.63, 3.8) is 0 Å². The Labute approximate surface area is 183 Å². The molecular weight excluding hydrogens is 388 g/mol. The maximum Gasteiger partial charge on any atom is 0.319 e. The summed E-state index contributed by atoms with van der Waals surface area (Å²) in [5.41, 5.74) is 3.17. The summed E-state index contributed by atoms with van der Waals surface area (Å²) in [5.74, 6) is -0.193. The van der Waals surface area contributed by atoms with Gasteiger partial charge in [0.2, 0.25) is 0 Å². The van der Waals surface area contributed by atoms with Gasteiger partial charge in [-0.3, -0.25) is 4.79 Å². The smallest absolute Gasteiger partial charge is 0.319 e. The standard InChI is InChI=1S/C25H28N4O2/c1-29(19-20-9-4-2-5-10-20)18-8-17-26-25(31)28-23-15-13-21(14-16-23)24(30)27-22-11-6-3-7-12-22/h2-7,9-16H,8,17-19H2,1H3,(H,27,30)(H2,26,28,31). The number of carbonyl (C=O) groups is 2. The maximum atomic E-state index is 12.3. The Morgan fingerprint density at radius 3 is 2.06 bits per heavy atom. The fourth-order valence-corrected chi connectivity index (χ4v) is 3.13. The number of benzene rings is 3. The van der Waals surface area contributed by atoms with Crippen molar-refractivity contribution in [3.05, 3.63) is 96.1 Å². The van der Waals surface area contributed by atoms with E-state index in [9.17, 15) is 9.59 Å². The van der Waals surface area contributed by atoms with Crippen LogP contribution in [0.25, 0.3) is 0 Å². The highest BCUT2D eigenvalue weighted by Gasteiger charge is 2.07. The lowest BCUT2D eigenvalue weighted by molar-refractivity contribution is 0.102. The van der Waals surface area contributed by atoms with Gasteiger partial charge >= 0.3 is 6.03 Å². The molecule has 3 aromatic rings. The van der Waals surface area contributed by atoms with Crippen molar-refractivity contribution in [1.29, 1.82) is 0 Å². The van der Waals surface area contributed by atoms with Gasteiger partial charge in [0.15, 0.2) is 0 Å². The fraction of sp³-hybridized carbons (Fsp3) is 0.200. The van der Waals surface area contributed by atoms with Gasteiger partial charge in [-0.05, 0) is 62.0 Å². The lowest BCUT2D eigenvalue weighted by Crippen LogP contribution is -2.31. The number of nitrogens with one attached hydrogen (secondary N) is 3. The van der Waals surface area contributed by atoms with E-state index >= 15 is 0 Å². The fourth-order valence-electron chi connectivity index (χ4n) is 3.13. The summed E-state index contributed by atoms with van der Waals surface area (Å²) in [6.07, 6.45) is 0.856. The van der Waals surface area contributed by atoms with Gasteiger partial charge in [-0.25, -0.2) is 4.79 Å². The van der Waals surface area contributed by atoms with Gasteiger partial charge in [0.1, 0.15) is 0 Å². The minimum Gasteiger partial charge on any atom is -0.338 e. The summed E-state index contributed by atoms with van der Waals surface area (Å²) >= 11 is 0. The Morgan fingerprint density at radius 2 is 1.39 bits per heavy atom. The molecule has 0 saturated heterocycles. The Kier molecular flexibility index (Phi) is 8.20. The van der Waals surface area contributed by atoms with Crippen LogP contribution in [-0.4, -0.2) is 37.0 Å². The average Bonchev–Trinajstić information content (AvgIpc) is 2.78. The highest BCUT2D eigenvalue weighted by Crippen LogP contribution is 2.12. The quantitative estimate of drug-likeness (QED) is 0.447. The maximum absolute atomic E-state index is 12.3.